The van der Waals surface area contributed by atoms with Crippen molar-refractivity contribution in [1.82, 2.24) is 4.90 Å². The number of likely N-dealkylation sites (N-methyl/N-ethyl adjacent to an activating group) is 1. The van der Waals surface area contributed by atoms with E-state index in [4.69, 9.17) is 5.73 Å². The average Bonchev–Trinajstić information content (AvgIpc) is 2.59. The molecule has 0 atom stereocenters. The Labute approximate surface area is 118 Å². The summed E-state index contributed by atoms with van der Waals surface area (Å²) in [5.74, 6) is -0.231. The fourth-order valence-electron chi connectivity index (χ4n) is 1.81. The first-order valence-corrected chi connectivity index (χ1v) is 6.70. The van der Waals surface area contributed by atoms with E-state index in [1.165, 1.54) is 23.5 Å². The number of alkyl halides is 3. The molecule has 0 bridgehead atoms. The molecule has 0 amide bonds. The van der Waals surface area contributed by atoms with E-state index in [-0.39, 0.29) is 5.75 Å². The van der Waals surface area contributed by atoms with Crippen molar-refractivity contribution in [3.63, 3.8) is 0 Å². The third kappa shape index (κ3) is 3.51. The molecule has 2 N–H and O–H groups in total. The maximum absolute atomic E-state index is 12.2. The van der Waals surface area contributed by atoms with Gasteiger partial charge in [-0.05, 0) is 37.6 Å². The standard InChI is InChI=1S/C12H14F3N3OS/c1-17(2)5-6-18-9-4-3-8(19-12(13,14)15)7-10(9)20-11(18)16/h3-4,7,16H,5-6H2,1-2H3/p+1. The maximum atomic E-state index is 12.2. The number of halogens is 3. The normalized spacial score (nSPS) is 12.3. The predicted molar refractivity (Wildman–Crippen MR) is 71.7 cm³/mol. The molecule has 1 aromatic heterocycles. The lowest BCUT2D eigenvalue weighted by atomic mass is 10.3. The highest BCUT2D eigenvalue weighted by atomic mass is 32.1. The Bertz CT molecular complexity index is 610. The second-order valence-corrected chi connectivity index (χ2v) is 5.63. The molecule has 0 spiro atoms. The zero-order valence-corrected chi connectivity index (χ0v) is 11.9. The van der Waals surface area contributed by atoms with Crippen LogP contribution < -0.4 is 15.0 Å². The number of nitrogen functional groups attached to an aromatic ring is 1. The highest BCUT2D eigenvalue weighted by Crippen LogP contribution is 2.29. The van der Waals surface area contributed by atoms with E-state index in [2.05, 4.69) is 4.74 Å². The number of nitrogens with two attached hydrogens (primary N) is 1. The van der Waals surface area contributed by atoms with Crippen LogP contribution in [-0.2, 0) is 6.54 Å². The van der Waals surface area contributed by atoms with Gasteiger partial charge in [0.15, 0.2) is 0 Å². The van der Waals surface area contributed by atoms with Gasteiger partial charge in [-0.1, -0.05) is 0 Å². The second-order valence-electron chi connectivity index (χ2n) is 4.57. The second kappa shape index (κ2) is 5.45. The number of rotatable bonds is 4. The lowest BCUT2D eigenvalue weighted by Gasteiger charge is -2.09. The highest BCUT2D eigenvalue weighted by Gasteiger charge is 2.31. The molecule has 0 aliphatic heterocycles. The first kappa shape index (κ1) is 14.9. The molecular weight excluding hydrogens is 291 g/mol. The topological polar surface area (TPSA) is 42.4 Å². The summed E-state index contributed by atoms with van der Waals surface area (Å²) in [4.78, 5) is 2.01. The van der Waals surface area contributed by atoms with Gasteiger partial charge in [-0.2, -0.15) is 0 Å². The summed E-state index contributed by atoms with van der Waals surface area (Å²) in [6.07, 6.45) is -4.68. The smallest absolute Gasteiger partial charge is 0.406 e. The number of benzene rings is 1. The molecule has 110 valence electrons. The molecule has 0 aliphatic carbocycles. The molecule has 0 saturated carbocycles. The third-order valence-electron chi connectivity index (χ3n) is 2.71. The molecule has 0 aliphatic rings. The van der Waals surface area contributed by atoms with Gasteiger partial charge in [0.1, 0.15) is 17.8 Å². The number of fused-ring (bicyclic) bond motifs is 1. The van der Waals surface area contributed by atoms with Gasteiger partial charge in [0.25, 0.3) is 0 Å². The first-order chi connectivity index (χ1) is 9.26. The molecule has 1 heterocycles. The fraction of sp³-hybridized carbons (Fsp3) is 0.417. The van der Waals surface area contributed by atoms with Gasteiger partial charge in [-0.25, -0.2) is 4.57 Å². The Morgan fingerprint density at radius 3 is 2.65 bits per heavy atom. The molecule has 0 unspecified atom stereocenters. The Kier molecular flexibility index (Phi) is 4.05. The maximum Gasteiger partial charge on any atom is 0.573 e. The van der Waals surface area contributed by atoms with E-state index in [0.29, 0.717) is 16.4 Å². The molecule has 2 rings (SSSR count). The molecule has 2 aromatic rings. The van der Waals surface area contributed by atoms with Crippen molar-refractivity contribution >= 4 is 26.7 Å². The summed E-state index contributed by atoms with van der Waals surface area (Å²) in [7, 11) is 3.89. The number of hydrogen-bond donors (Lipinski definition) is 1. The quantitative estimate of drug-likeness (QED) is 0.881. The van der Waals surface area contributed by atoms with Gasteiger partial charge in [0, 0.05) is 12.6 Å². The molecule has 1 aromatic carbocycles. The number of thiazole rings is 1. The van der Waals surface area contributed by atoms with Crippen LogP contribution in [0.1, 0.15) is 0 Å². The molecule has 0 radical (unpaired) electrons. The largest absolute Gasteiger partial charge is 0.573 e. The van der Waals surface area contributed by atoms with Crippen LogP contribution in [0.15, 0.2) is 18.2 Å². The molecule has 0 saturated heterocycles. The SMILES string of the molecule is CN(C)CC[n+]1c(N)sc2cc(OC(F)(F)F)ccc21. The lowest BCUT2D eigenvalue weighted by Crippen LogP contribution is -2.39. The zero-order valence-electron chi connectivity index (χ0n) is 11.1. The molecular formula is C12H15F3N3OS+. The number of nitrogens with zero attached hydrogens (tertiary/aromatic N) is 2. The van der Waals surface area contributed by atoms with Crippen molar-refractivity contribution in [2.45, 2.75) is 12.9 Å². The van der Waals surface area contributed by atoms with Crippen LogP contribution in [0.5, 0.6) is 5.75 Å². The van der Waals surface area contributed by atoms with Crippen LogP contribution in [0.25, 0.3) is 10.2 Å². The van der Waals surface area contributed by atoms with E-state index in [1.807, 2.05) is 23.6 Å². The number of hydrogen-bond acceptors (Lipinski definition) is 4. The van der Waals surface area contributed by atoms with E-state index >= 15 is 0 Å². The van der Waals surface area contributed by atoms with Gasteiger partial charge >= 0.3 is 11.5 Å². The van der Waals surface area contributed by atoms with Gasteiger partial charge in [-0.15, -0.1) is 13.2 Å². The minimum absolute atomic E-state index is 0.231. The molecule has 4 nitrogen and oxygen atoms in total. The number of ether oxygens (including phenoxy) is 1. The number of anilines is 1. The monoisotopic (exact) mass is 306 g/mol. The van der Waals surface area contributed by atoms with Gasteiger partial charge < -0.3 is 9.64 Å². The third-order valence-corrected chi connectivity index (χ3v) is 3.68. The van der Waals surface area contributed by atoms with Crippen LogP contribution in [0.2, 0.25) is 0 Å². The van der Waals surface area contributed by atoms with Gasteiger partial charge in [-0.3, -0.25) is 5.73 Å². The van der Waals surface area contributed by atoms with E-state index < -0.39 is 6.36 Å². The van der Waals surface area contributed by atoms with Crippen LogP contribution in [-0.4, -0.2) is 31.9 Å². The summed E-state index contributed by atoms with van der Waals surface area (Å²) in [6.45, 7) is 1.47. The summed E-state index contributed by atoms with van der Waals surface area (Å²) < 4.78 is 43.0. The lowest BCUT2D eigenvalue weighted by molar-refractivity contribution is -0.652. The Hall–Kier alpha value is -1.54. The summed E-state index contributed by atoms with van der Waals surface area (Å²) >= 11 is 1.25. The van der Waals surface area contributed by atoms with Crippen molar-refractivity contribution in [2.75, 3.05) is 26.4 Å². The van der Waals surface area contributed by atoms with Crippen molar-refractivity contribution in [3.8, 4) is 5.75 Å². The summed E-state index contributed by atoms with van der Waals surface area (Å²) in [5, 5.41) is 0.561. The zero-order chi connectivity index (χ0) is 14.9. The molecule has 8 heteroatoms. The van der Waals surface area contributed by atoms with E-state index in [0.717, 1.165) is 12.1 Å². The summed E-state index contributed by atoms with van der Waals surface area (Å²) in [5.41, 5.74) is 6.73. The van der Waals surface area contributed by atoms with Crippen LogP contribution in [0, 0.1) is 0 Å². The van der Waals surface area contributed by atoms with E-state index in [1.54, 1.807) is 6.07 Å². The van der Waals surface area contributed by atoms with Gasteiger partial charge in [0.2, 0.25) is 0 Å². The van der Waals surface area contributed by atoms with Crippen molar-refractivity contribution in [1.29, 1.82) is 0 Å². The average molecular weight is 306 g/mol. The Balaban J connectivity index is 2.31. The highest BCUT2D eigenvalue weighted by molar-refractivity contribution is 7.21. The van der Waals surface area contributed by atoms with E-state index in [9.17, 15) is 13.2 Å². The van der Waals surface area contributed by atoms with Crippen molar-refractivity contribution < 1.29 is 22.5 Å². The Morgan fingerprint density at radius 1 is 1.35 bits per heavy atom. The first-order valence-electron chi connectivity index (χ1n) is 5.88. The van der Waals surface area contributed by atoms with Crippen LogP contribution in [0.4, 0.5) is 18.3 Å². The van der Waals surface area contributed by atoms with Crippen molar-refractivity contribution in [2.24, 2.45) is 0 Å². The van der Waals surface area contributed by atoms with Crippen molar-refractivity contribution in [3.05, 3.63) is 18.2 Å². The van der Waals surface area contributed by atoms with Crippen LogP contribution >= 0.6 is 11.3 Å². The number of aromatic nitrogens is 1. The minimum atomic E-state index is -4.68. The Morgan fingerprint density at radius 2 is 2.05 bits per heavy atom. The van der Waals surface area contributed by atoms with Crippen LogP contribution in [0.3, 0.4) is 0 Å². The predicted octanol–water partition coefficient (Wildman–Crippen LogP) is 2.23. The molecule has 20 heavy (non-hydrogen) atoms. The summed E-state index contributed by atoms with van der Waals surface area (Å²) in [6, 6.07) is 4.25. The fourth-order valence-corrected chi connectivity index (χ4v) is 2.80. The molecule has 0 fully saturated rings. The minimum Gasteiger partial charge on any atom is -0.406 e. The van der Waals surface area contributed by atoms with Gasteiger partial charge in [0.05, 0.1) is 4.70 Å².